The summed E-state index contributed by atoms with van der Waals surface area (Å²) in [7, 11) is 0. The van der Waals surface area contributed by atoms with E-state index >= 15 is 4.79 Å². The number of aliphatic hydroxyl groups is 3. The number of non-ortho nitro benzene ring substituents is 2. The van der Waals surface area contributed by atoms with Gasteiger partial charge in [-0.2, -0.15) is 5.26 Å². The Morgan fingerprint density at radius 3 is 2.31 bits per heavy atom. The van der Waals surface area contributed by atoms with Crippen molar-refractivity contribution >= 4 is 23.0 Å². The van der Waals surface area contributed by atoms with Gasteiger partial charge in [-0.05, 0) is 109 Å². The number of hydrogen-bond donors (Lipinski definition) is 3. The monoisotopic (exact) mass is 959 g/mol. The van der Waals surface area contributed by atoms with Crippen LogP contribution >= 0.6 is 0 Å². The van der Waals surface area contributed by atoms with Crippen molar-refractivity contribution < 1.29 is 53.7 Å². The van der Waals surface area contributed by atoms with Crippen LogP contribution in [-0.4, -0.2) is 99.7 Å². The van der Waals surface area contributed by atoms with Crippen molar-refractivity contribution in [2.45, 2.75) is 69.3 Å². The number of amides is 1. The van der Waals surface area contributed by atoms with E-state index in [1.807, 2.05) is 6.07 Å². The second kappa shape index (κ2) is 24.0. The first-order valence-corrected chi connectivity index (χ1v) is 23.4. The molecule has 0 unspecified atom stereocenters. The third kappa shape index (κ3) is 11.5. The number of nitro groups is 2. The summed E-state index contributed by atoms with van der Waals surface area (Å²) in [4.78, 5) is 45.1. The Hall–Kier alpha value is -7.01. The van der Waals surface area contributed by atoms with E-state index < -0.39 is 39.4 Å². The zero-order valence-electron chi connectivity index (χ0n) is 38.7. The smallest absolute Gasteiger partial charge is 0.273 e. The highest BCUT2D eigenvalue weighted by molar-refractivity contribution is 6.03. The number of rotatable bonds is 25. The van der Waals surface area contributed by atoms with Gasteiger partial charge in [-0.25, -0.2) is 0 Å². The third-order valence-electron chi connectivity index (χ3n) is 13.1. The maximum atomic E-state index is 15.2. The molecule has 70 heavy (non-hydrogen) atoms. The number of carbonyl (C=O) groups is 1. The number of oxime groups is 1. The molecule has 1 aliphatic heterocycles. The summed E-state index contributed by atoms with van der Waals surface area (Å²) in [5.74, 6) is -2.40. The Morgan fingerprint density at radius 2 is 1.63 bits per heavy atom. The van der Waals surface area contributed by atoms with Crippen LogP contribution in [-0.2, 0) is 20.9 Å². The molecule has 1 amide bonds. The summed E-state index contributed by atoms with van der Waals surface area (Å²) in [6.07, 6.45) is 7.63. The Labute approximate surface area is 405 Å². The van der Waals surface area contributed by atoms with Gasteiger partial charge in [-0.15, -0.1) is 6.58 Å². The SMILES string of the molecule is C=CCO[C@@]12Oc3ccc(Oc4cccc([N+](=O)[O-])c4)cc3[C@H]3[C@H](CCCCO)[C@@H](CCCCO)C=C(C(=NOCc4ccc([N+](=O)[O-])cc4)C[C@@H]1N(CCOCCO)C(=O)c1ccc(C#N)cc1)[C@H]32. The summed E-state index contributed by atoms with van der Waals surface area (Å²) in [5, 5.41) is 67.2. The van der Waals surface area contributed by atoms with E-state index in [-0.39, 0.29) is 93.7 Å². The van der Waals surface area contributed by atoms with E-state index in [0.29, 0.717) is 66.9 Å². The average molecular weight is 960 g/mol. The molecule has 0 aromatic heterocycles. The lowest BCUT2D eigenvalue weighted by molar-refractivity contribution is -0.385. The summed E-state index contributed by atoms with van der Waals surface area (Å²) < 4.78 is 26.5. The number of benzene rings is 4. The summed E-state index contributed by atoms with van der Waals surface area (Å²) in [6.45, 7) is 3.72. The highest BCUT2D eigenvalue weighted by Gasteiger charge is 2.65. The van der Waals surface area contributed by atoms with Crippen molar-refractivity contribution in [1.82, 2.24) is 4.90 Å². The number of allylic oxidation sites excluding steroid dienone is 1. The number of aliphatic hydroxyl groups excluding tert-OH is 3. The lowest BCUT2D eigenvalue weighted by Gasteiger charge is -2.60. The van der Waals surface area contributed by atoms with Crippen molar-refractivity contribution in [2.24, 2.45) is 22.9 Å². The Bertz CT molecular complexity index is 2580. The van der Waals surface area contributed by atoms with Crippen molar-refractivity contribution in [2.75, 3.05) is 46.2 Å². The van der Waals surface area contributed by atoms with Crippen LogP contribution in [0.2, 0.25) is 0 Å². The molecule has 0 bridgehead atoms. The molecule has 0 spiro atoms. The first-order chi connectivity index (χ1) is 34.0. The molecule has 6 atom stereocenters. The molecular weight excluding hydrogens is 903 g/mol. The fourth-order valence-corrected chi connectivity index (χ4v) is 9.99. The van der Waals surface area contributed by atoms with Crippen LogP contribution in [0, 0.1) is 49.3 Å². The summed E-state index contributed by atoms with van der Waals surface area (Å²) >= 11 is 0. The number of unbranched alkanes of at least 4 members (excludes halogenated alkanes) is 2. The number of nitriles is 1. The van der Waals surface area contributed by atoms with Gasteiger partial charge in [0.25, 0.3) is 17.3 Å². The third-order valence-corrected chi connectivity index (χ3v) is 13.1. The number of hydrogen-bond acceptors (Lipinski definition) is 15. The molecule has 1 fully saturated rings. The molecule has 0 saturated heterocycles. The van der Waals surface area contributed by atoms with E-state index in [0.717, 1.165) is 11.1 Å². The largest absolute Gasteiger partial charge is 0.459 e. The number of nitrogens with zero attached hydrogens (tertiary/aromatic N) is 5. The molecule has 18 nitrogen and oxygen atoms in total. The van der Waals surface area contributed by atoms with Gasteiger partial charge < -0.3 is 44.0 Å². The summed E-state index contributed by atoms with van der Waals surface area (Å²) in [6, 6.07) is 24.6. The number of fused-ring (bicyclic) bond motifs is 2. The fourth-order valence-electron chi connectivity index (χ4n) is 9.99. The van der Waals surface area contributed by atoms with Crippen molar-refractivity contribution in [3.63, 3.8) is 0 Å². The van der Waals surface area contributed by atoms with Crippen LogP contribution in [0.5, 0.6) is 17.2 Å². The van der Waals surface area contributed by atoms with Gasteiger partial charge >= 0.3 is 0 Å². The molecule has 3 N–H and O–H groups in total. The molecule has 4 aromatic rings. The van der Waals surface area contributed by atoms with Crippen LogP contribution in [0.1, 0.15) is 77.9 Å². The number of ether oxygens (including phenoxy) is 4. The second-order valence-corrected chi connectivity index (χ2v) is 17.3. The molecule has 1 saturated carbocycles. The minimum absolute atomic E-state index is 0.00550. The predicted molar refractivity (Wildman–Crippen MR) is 256 cm³/mol. The van der Waals surface area contributed by atoms with Gasteiger partial charge in [-0.3, -0.25) is 25.0 Å². The van der Waals surface area contributed by atoms with Gasteiger partial charge in [-0.1, -0.05) is 36.2 Å². The van der Waals surface area contributed by atoms with Crippen molar-refractivity contribution in [1.29, 1.82) is 5.26 Å². The lowest BCUT2D eigenvalue weighted by atomic mass is 9.55. The zero-order valence-corrected chi connectivity index (χ0v) is 38.7. The Kier molecular flexibility index (Phi) is 17.4. The normalized spacial score (nSPS) is 21.5. The topological polar surface area (TPSA) is 250 Å². The van der Waals surface area contributed by atoms with E-state index in [2.05, 4.69) is 18.7 Å². The molecule has 1 heterocycles. The van der Waals surface area contributed by atoms with E-state index in [1.165, 1.54) is 24.3 Å². The van der Waals surface area contributed by atoms with Gasteiger partial charge in [0.1, 0.15) is 29.9 Å². The molecular formula is C52H57N5O13. The van der Waals surface area contributed by atoms with Gasteiger partial charge in [0.15, 0.2) is 0 Å². The van der Waals surface area contributed by atoms with Gasteiger partial charge in [0.2, 0.25) is 5.79 Å². The molecule has 4 aromatic carbocycles. The van der Waals surface area contributed by atoms with Crippen molar-refractivity contribution in [3.05, 3.63) is 158 Å². The van der Waals surface area contributed by atoms with E-state index in [4.69, 9.17) is 28.9 Å². The maximum Gasteiger partial charge on any atom is 0.273 e. The minimum Gasteiger partial charge on any atom is -0.459 e. The lowest BCUT2D eigenvalue weighted by Crippen LogP contribution is -2.70. The minimum atomic E-state index is -1.65. The second-order valence-electron chi connectivity index (χ2n) is 17.3. The molecule has 3 aliphatic rings. The van der Waals surface area contributed by atoms with Crippen LogP contribution in [0.3, 0.4) is 0 Å². The standard InChI is InChI=1S/C52H57N5O13/c1-2-26-67-52-48(55(22-27-66-28-25-60)51(61)37-16-12-35(33-53)13-17-37)32-46(54-68-34-36-14-18-39(19-15-36)56(62)63)44-29-38(8-3-5-23-58)43(11-4-6-24-59)49(50(44)52)45-31-42(20-21-47(45)70-52)69-41-10-7-9-40(30-41)57(64)65/h2,7,9-10,12-21,29-31,38,43,48-50,58-60H,1,3-6,8,11,22-28,32,34H2/t38-,43+,48-,49+,50+,52+/m0/s1. The molecule has 0 radical (unpaired) electrons. The fraction of sp³-hybridized carbons (Fsp3) is 0.404. The molecule has 2 aliphatic carbocycles. The van der Waals surface area contributed by atoms with Gasteiger partial charge in [0.05, 0.1) is 65.6 Å². The van der Waals surface area contributed by atoms with Crippen LogP contribution in [0.4, 0.5) is 11.4 Å². The highest BCUT2D eigenvalue weighted by atomic mass is 16.7. The first kappa shape index (κ1) is 50.9. The first-order valence-electron chi connectivity index (χ1n) is 23.4. The maximum absolute atomic E-state index is 15.2. The van der Waals surface area contributed by atoms with Crippen LogP contribution in [0.15, 0.2) is 120 Å². The summed E-state index contributed by atoms with van der Waals surface area (Å²) in [5.41, 5.74) is 3.03. The molecule has 7 rings (SSSR count). The number of carbonyl (C=O) groups excluding carboxylic acids is 1. The molecule has 18 heteroatoms. The zero-order chi connectivity index (χ0) is 49.6. The van der Waals surface area contributed by atoms with Crippen LogP contribution < -0.4 is 9.47 Å². The Morgan fingerprint density at radius 1 is 0.900 bits per heavy atom. The molecule has 368 valence electrons. The highest BCUT2D eigenvalue weighted by Crippen LogP contribution is 2.62. The quantitative estimate of drug-likeness (QED) is 0.0245. The van der Waals surface area contributed by atoms with E-state index in [1.54, 1.807) is 71.6 Å². The predicted octanol–water partition coefficient (Wildman–Crippen LogP) is 8.15. The number of nitro benzene ring substituents is 2. The average Bonchev–Trinajstić information content (AvgIpc) is 3.37. The Balaban J connectivity index is 1.45. The van der Waals surface area contributed by atoms with Gasteiger partial charge in [0, 0.05) is 61.4 Å². The van der Waals surface area contributed by atoms with Crippen LogP contribution in [0.25, 0.3) is 0 Å². The van der Waals surface area contributed by atoms with E-state index in [9.17, 15) is 40.8 Å². The van der Waals surface area contributed by atoms with Crippen molar-refractivity contribution in [3.8, 4) is 23.3 Å².